The number of hydrogen-bond acceptors (Lipinski definition) is 4. The Morgan fingerprint density at radius 1 is 1.18 bits per heavy atom. The number of ether oxygens (including phenoxy) is 2. The summed E-state index contributed by atoms with van der Waals surface area (Å²) < 4.78 is 11.3. The van der Waals surface area contributed by atoms with Gasteiger partial charge in [-0.25, -0.2) is 4.79 Å². The van der Waals surface area contributed by atoms with Crippen molar-refractivity contribution in [3.8, 4) is 5.75 Å². The zero-order valence-electron chi connectivity index (χ0n) is 15.5. The Labute approximate surface area is 177 Å². The largest absolute Gasteiger partial charge is 0.497 e. The molecule has 2 aromatic carbocycles. The average Bonchev–Trinajstić information content (AvgIpc) is 2.73. The summed E-state index contributed by atoms with van der Waals surface area (Å²) in [5, 5.41) is 0.460. The van der Waals surface area contributed by atoms with Crippen molar-refractivity contribution in [3.05, 3.63) is 63.1 Å². The first kappa shape index (κ1) is 20.7. The molecule has 1 aliphatic rings. The van der Waals surface area contributed by atoms with E-state index in [1.807, 2.05) is 24.3 Å². The quantitative estimate of drug-likeness (QED) is 0.591. The number of halogens is 2. The molecular formula is C21H21BrClNO4. The molecule has 0 spiro atoms. The first-order valence-electron chi connectivity index (χ1n) is 9.05. The Morgan fingerprint density at radius 2 is 1.93 bits per heavy atom. The third-order valence-corrected chi connectivity index (χ3v) is 5.97. The summed E-state index contributed by atoms with van der Waals surface area (Å²) in [5.41, 5.74) is 1.32. The van der Waals surface area contributed by atoms with E-state index in [1.54, 1.807) is 30.2 Å². The van der Waals surface area contributed by atoms with Crippen LogP contribution in [0.25, 0.3) is 0 Å². The monoisotopic (exact) mass is 465 g/mol. The van der Waals surface area contributed by atoms with Crippen LogP contribution < -0.4 is 4.74 Å². The van der Waals surface area contributed by atoms with Gasteiger partial charge in [0.15, 0.2) is 0 Å². The molecule has 0 N–H and O–H groups in total. The first-order chi connectivity index (χ1) is 13.5. The van der Waals surface area contributed by atoms with E-state index in [4.69, 9.17) is 21.1 Å². The molecule has 3 rings (SSSR count). The van der Waals surface area contributed by atoms with Gasteiger partial charge in [-0.3, -0.25) is 4.79 Å². The summed E-state index contributed by atoms with van der Waals surface area (Å²) in [6.45, 7) is 0.681. The molecule has 1 amide bonds. The number of methoxy groups -OCH3 is 1. The molecule has 1 fully saturated rings. The van der Waals surface area contributed by atoms with Crippen LogP contribution in [0.1, 0.15) is 35.2 Å². The van der Waals surface area contributed by atoms with Crippen LogP contribution in [0.5, 0.6) is 5.75 Å². The number of amides is 1. The van der Waals surface area contributed by atoms with Crippen molar-refractivity contribution in [2.75, 3.05) is 13.7 Å². The van der Waals surface area contributed by atoms with Gasteiger partial charge >= 0.3 is 5.97 Å². The van der Waals surface area contributed by atoms with E-state index < -0.39 is 6.04 Å². The molecule has 0 unspecified atom stereocenters. The van der Waals surface area contributed by atoms with Gasteiger partial charge in [-0.05, 0) is 71.1 Å². The smallest absolute Gasteiger partial charge is 0.329 e. The van der Waals surface area contributed by atoms with Crippen molar-refractivity contribution >= 4 is 39.4 Å². The van der Waals surface area contributed by atoms with Gasteiger partial charge in [-0.15, -0.1) is 0 Å². The lowest BCUT2D eigenvalue weighted by molar-refractivity contribution is -0.151. The molecule has 0 radical (unpaired) electrons. The first-order valence-corrected chi connectivity index (χ1v) is 10.2. The summed E-state index contributed by atoms with van der Waals surface area (Å²) in [6.07, 6.45) is 2.34. The molecule has 0 saturated carbocycles. The number of likely N-dealkylation sites (tertiary alicyclic amines) is 1. The highest BCUT2D eigenvalue weighted by atomic mass is 79.9. The maximum atomic E-state index is 13.0. The summed E-state index contributed by atoms with van der Waals surface area (Å²) in [6, 6.07) is 11.8. The van der Waals surface area contributed by atoms with Crippen molar-refractivity contribution < 1.29 is 19.1 Å². The molecular weight excluding hydrogens is 446 g/mol. The van der Waals surface area contributed by atoms with Gasteiger partial charge in [0.1, 0.15) is 18.4 Å². The lowest BCUT2D eigenvalue weighted by Crippen LogP contribution is -2.48. The molecule has 1 atom stereocenters. The standard InChI is InChI=1S/C21H21BrClNO4/c1-27-16-8-5-14(6-9-16)13-28-21(26)19-4-2-3-11-24(19)20(25)15-7-10-17(22)18(23)12-15/h5-10,12,19H,2-4,11,13H2,1H3/t19-/m0/s1. The third kappa shape index (κ3) is 4.86. The minimum atomic E-state index is -0.582. The van der Waals surface area contributed by atoms with Gasteiger partial charge in [0.2, 0.25) is 0 Å². The summed E-state index contributed by atoms with van der Waals surface area (Å²) in [7, 11) is 1.60. The lowest BCUT2D eigenvalue weighted by atomic mass is 10.0. The van der Waals surface area contributed by atoms with Crippen LogP contribution in [-0.2, 0) is 16.1 Å². The topological polar surface area (TPSA) is 55.8 Å². The van der Waals surface area contributed by atoms with Crippen LogP contribution in [0.15, 0.2) is 46.9 Å². The van der Waals surface area contributed by atoms with Crippen LogP contribution in [0.3, 0.4) is 0 Å². The zero-order valence-corrected chi connectivity index (χ0v) is 17.8. The van der Waals surface area contributed by atoms with E-state index in [1.165, 1.54) is 0 Å². The predicted octanol–water partition coefficient (Wildman–Crippen LogP) is 4.85. The molecule has 1 aliphatic heterocycles. The molecule has 7 heteroatoms. The molecule has 28 heavy (non-hydrogen) atoms. The molecule has 5 nitrogen and oxygen atoms in total. The second-order valence-corrected chi connectivity index (χ2v) is 7.86. The van der Waals surface area contributed by atoms with E-state index in [9.17, 15) is 9.59 Å². The number of benzene rings is 2. The second-order valence-electron chi connectivity index (χ2n) is 6.59. The van der Waals surface area contributed by atoms with Crippen LogP contribution in [0.2, 0.25) is 5.02 Å². The Balaban J connectivity index is 1.68. The summed E-state index contributed by atoms with van der Waals surface area (Å²) >= 11 is 9.44. The van der Waals surface area contributed by atoms with Crippen molar-refractivity contribution in [2.24, 2.45) is 0 Å². The number of carbonyl (C=O) groups excluding carboxylic acids is 2. The molecule has 0 aromatic heterocycles. The number of esters is 1. The van der Waals surface area contributed by atoms with Gasteiger partial charge < -0.3 is 14.4 Å². The van der Waals surface area contributed by atoms with Crippen LogP contribution >= 0.6 is 27.5 Å². The molecule has 148 valence electrons. The van der Waals surface area contributed by atoms with Gasteiger partial charge in [0, 0.05) is 16.6 Å². The number of piperidine rings is 1. The van der Waals surface area contributed by atoms with E-state index >= 15 is 0 Å². The summed E-state index contributed by atoms with van der Waals surface area (Å²) in [5.74, 6) is 0.153. The zero-order chi connectivity index (χ0) is 20.1. The highest BCUT2D eigenvalue weighted by Crippen LogP contribution is 2.26. The molecule has 1 saturated heterocycles. The van der Waals surface area contributed by atoms with Crippen molar-refractivity contribution in [3.63, 3.8) is 0 Å². The third-order valence-electron chi connectivity index (χ3n) is 4.74. The molecule has 0 aliphatic carbocycles. The lowest BCUT2D eigenvalue weighted by Gasteiger charge is -2.34. The predicted molar refractivity (Wildman–Crippen MR) is 111 cm³/mol. The van der Waals surface area contributed by atoms with E-state index in [-0.39, 0.29) is 18.5 Å². The van der Waals surface area contributed by atoms with Crippen LogP contribution in [0, 0.1) is 0 Å². The van der Waals surface area contributed by atoms with Crippen molar-refractivity contribution in [1.29, 1.82) is 0 Å². The fourth-order valence-electron chi connectivity index (χ4n) is 3.19. The normalized spacial score (nSPS) is 16.5. The number of rotatable bonds is 5. The fraction of sp³-hybridized carbons (Fsp3) is 0.333. The van der Waals surface area contributed by atoms with Gasteiger partial charge in [-0.2, -0.15) is 0 Å². The van der Waals surface area contributed by atoms with Crippen molar-refractivity contribution in [2.45, 2.75) is 31.9 Å². The van der Waals surface area contributed by atoms with Gasteiger partial charge in [0.05, 0.1) is 12.1 Å². The summed E-state index contributed by atoms with van der Waals surface area (Å²) in [4.78, 5) is 27.2. The fourth-order valence-corrected chi connectivity index (χ4v) is 3.61. The Kier molecular flexibility index (Phi) is 6.97. The van der Waals surface area contributed by atoms with E-state index in [2.05, 4.69) is 15.9 Å². The Bertz CT molecular complexity index is 856. The maximum absolute atomic E-state index is 13.0. The van der Waals surface area contributed by atoms with Crippen molar-refractivity contribution in [1.82, 2.24) is 4.90 Å². The number of hydrogen-bond donors (Lipinski definition) is 0. The van der Waals surface area contributed by atoms with Crippen LogP contribution in [0.4, 0.5) is 0 Å². The van der Waals surface area contributed by atoms with Gasteiger partial charge in [0.25, 0.3) is 5.91 Å². The van der Waals surface area contributed by atoms with E-state index in [0.29, 0.717) is 23.6 Å². The minimum absolute atomic E-state index is 0.158. The Hall–Kier alpha value is -2.05. The maximum Gasteiger partial charge on any atom is 0.329 e. The second kappa shape index (κ2) is 9.43. The number of carbonyl (C=O) groups is 2. The van der Waals surface area contributed by atoms with Crippen LogP contribution in [-0.4, -0.2) is 36.5 Å². The van der Waals surface area contributed by atoms with E-state index in [0.717, 1.165) is 28.6 Å². The number of nitrogens with zero attached hydrogens (tertiary/aromatic N) is 1. The Morgan fingerprint density at radius 3 is 2.61 bits per heavy atom. The highest BCUT2D eigenvalue weighted by molar-refractivity contribution is 9.10. The molecule has 0 bridgehead atoms. The van der Waals surface area contributed by atoms with Gasteiger partial charge in [-0.1, -0.05) is 23.7 Å². The minimum Gasteiger partial charge on any atom is -0.497 e. The highest BCUT2D eigenvalue weighted by Gasteiger charge is 2.34. The molecule has 1 heterocycles. The molecule has 2 aromatic rings. The SMILES string of the molecule is COc1ccc(COC(=O)[C@@H]2CCCCN2C(=O)c2ccc(Br)c(Cl)c2)cc1. The average molecular weight is 467 g/mol.